The highest BCUT2D eigenvalue weighted by atomic mass is 32.2. The summed E-state index contributed by atoms with van der Waals surface area (Å²) >= 11 is 5.49. The van der Waals surface area contributed by atoms with E-state index in [0.717, 1.165) is 23.0 Å². The van der Waals surface area contributed by atoms with Crippen molar-refractivity contribution in [3.05, 3.63) is 59.7 Å². The second-order valence-corrected chi connectivity index (χ2v) is 12.9. The Morgan fingerprint density at radius 3 is 1.45 bits per heavy atom. The van der Waals surface area contributed by atoms with Crippen molar-refractivity contribution in [3.63, 3.8) is 0 Å². The van der Waals surface area contributed by atoms with Gasteiger partial charge in [-0.05, 0) is 35.4 Å². The topological polar surface area (TPSA) is 52.6 Å². The predicted molar refractivity (Wildman–Crippen MR) is 134 cm³/mol. The third kappa shape index (κ3) is 5.97. The Morgan fingerprint density at radius 1 is 0.742 bits per heavy atom. The molecule has 8 heteroatoms. The fourth-order valence-electron chi connectivity index (χ4n) is 3.38. The maximum absolute atomic E-state index is 11.3. The quantitative estimate of drug-likeness (QED) is 0.403. The predicted octanol–water partition coefficient (Wildman–Crippen LogP) is 6.71. The van der Waals surface area contributed by atoms with Crippen molar-refractivity contribution in [2.75, 3.05) is 24.7 Å². The number of ether oxygens (including phenoxy) is 2. The van der Waals surface area contributed by atoms with E-state index in [1.807, 2.05) is 24.3 Å². The molecule has 2 aliphatic rings. The summed E-state index contributed by atoms with van der Waals surface area (Å²) in [5.74, 6) is 3.31. The van der Waals surface area contributed by atoms with Crippen molar-refractivity contribution in [3.8, 4) is 11.5 Å². The second-order valence-electron chi connectivity index (χ2n) is 7.90. The van der Waals surface area contributed by atoms with Crippen LogP contribution < -0.4 is 9.47 Å². The number of benzene rings is 2. The molecular formula is C23H24O4S4. The van der Waals surface area contributed by atoms with Crippen molar-refractivity contribution in [1.82, 2.24) is 0 Å². The van der Waals surface area contributed by atoms with Crippen LogP contribution >= 0.6 is 47.0 Å². The van der Waals surface area contributed by atoms with Crippen LogP contribution in [0, 0.1) is 0 Å². The minimum atomic E-state index is -0.161. The van der Waals surface area contributed by atoms with Crippen LogP contribution in [0.25, 0.3) is 0 Å². The van der Waals surface area contributed by atoms with Crippen LogP contribution in [-0.4, -0.2) is 44.1 Å². The van der Waals surface area contributed by atoms with Crippen molar-refractivity contribution in [2.45, 2.75) is 29.8 Å². The molecule has 2 fully saturated rings. The van der Waals surface area contributed by atoms with E-state index < -0.39 is 0 Å². The molecule has 0 saturated carbocycles. The third-order valence-corrected chi connectivity index (χ3v) is 10.3. The molecular weight excluding hydrogens is 469 g/mol. The molecule has 2 heterocycles. The van der Waals surface area contributed by atoms with Gasteiger partial charge >= 0.3 is 0 Å². The maximum atomic E-state index is 11.3. The third-order valence-electron chi connectivity index (χ3n) is 5.32. The Balaban J connectivity index is 1.33. The number of carbonyl (C=O) groups excluding carboxylic acids is 2. The van der Waals surface area contributed by atoms with Gasteiger partial charge in [-0.1, -0.05) is 85.2 Å². The van der Waals surface area contributed by atoms with Gasteiger partial charge in [0.1, 0.15) is 24.7 Å². The lowest BCUT2D eigenvalue weighted by Crippen LogP contribution is -2.19. The van der Waals surface area contributed by atoms with Gasteiger partial charge < -0.3 is 9.47 Å². The highest BCUT2D eigenvalue weighted by Crippen LogP contribution is 2.36. The first-order chi connectivity index (χ1) is 14.9. The summed E-state index contributed by atoms with van der Waals surface area (Å²) < 4.78 is 12.1. The summed E-state index contributed by atoms with van der Waals surface area (Å²) in [7, 11) is 0. The Morgan fingerprint density at radius 2 is 1.13 bits per heavy atom. The van der Waals surface area contributed by atoms with Crippen LogP contribution in [-0.2, 0) is 5.41 Å². The Kier molecular flexibility index (Phi) is 7.52. The van der Waals surface area contributed by atoms with Gasteiger partial charge in [0, 0.05) is 16.9 Å². The summed E-state index contributed by atoms with van der Waals surface area (Å²) in [5, 5.41) is 0.474. The molecule has 0 aromatic heterocycles. The van der Waals surface area contributed by atoms with E-state index in [2.05, 4.69) is 38.1 Å². The van der Waals surface area contributed by atoms with Gasteiger partial charge in [0.15, 0.2) is 0 Å². The number of carbonyl (C=O) groups is 2. The van der Waals surface area contributed by atoms with E-state index >= 15 is 0 Å². The second kappa shape index (κ2) is 10.1. The Bertz CT molecular complexity index is 852. The van der Waals surface area contributed by atoms with Gasteiger partial charge in [0.05, 0.1) is 10.5 Å². The zero-order valence-electron chi connectivity index (χ0n) is 17.4. The summed E-state index contributed by atoms with van der Waals surface area (Å²) in [6.45, 7) is 5.52. The number of thioether (sulfide) groups is 4. The molecule has 2 aliphatic heterocycles. The number of rotatable bonds is 8. The number of hydrogen-bond donors (Lipinski definition) is 0. The largest absolute Gasteiger partial charge is 0.492 e. The summed E-state index contributed by atoms with van der Waals surface area (Å²) in [6, 6.07) is 16.4. The van der Waals surface area contributed by atoms with E-state index in [1.165, 1.54) is 58.2 Å². The Hall–Kier alpha value is -1.22. The van der Waals surface area contributed by atoms with Crippen LogP contribution in [0.15, 0.2) is 48.5 Å². The molecule has 0 spiro atoms. The molecule has 0 radical (unpaired) electrons. The average molecular weight is 493 g/mol. The van der Waals surface area contributed by atoms with Crippen LogP contribution in [0.4, 0.5) is 9.59 Å². The van der Waals surface area contributed by atoms with Crippen molar-refractivity contribution < 1.29 is 19.1 Å². The first-order valence-electron chi connectivity index (χ1n) is 10.0. The van der Waals surface area contributed by atoms with Crippen LogP contribution in [0.1, 0.15) is 25.0 Å². The first kappa shape index (κ1) is 23.0. The molecule has 0 bridgehead atoms. The van der Waals surface area contributed by atoms with Crippen LogP contribution in [0.2, 0.25) is 0 Å². The normalized spacial score (nSPS) is 21.5. The smallest absolute Gasteiger partial charge is 0.246 e. The molecule has 4 rings (SSSR count). The molecule has 2 atom stereocenters. The van der Waals surface area contributed by atoms with Crippen molar-refractivity contribution >= 4 is 55.9 Å². The van der Waals surface area contributed by atoms with Crippen molar-refractivity contribution in [2.24, 2.45) is 0 Å². The molecule has 2 aromatic carbocycles. The van der Waals surface area contributed by atoms with Gasteiger partial charge in [-0.25, -0.2) is 0 Å². The van der Waals surface area contributed by atoms with Gasteiger partial charge in [0.2, 0.25) is 8.89 Å². The molecule has 4 nitrogen and oxygen atoms in total. The molecule has 0 aliphatic carbocycles. The highest BCUT2D eigenvalue weighted by molar-refractivity contribution is 8.41. The zero-order chi connectivity index (χ0) is 21.8. The van der Waals surface area contributed by atoms with Crippen molar-refractivity contribution in [1.29, 1.82) is 0 Å². The fraction of sp³-hybridized carbons (Fsp3) is 0.391. The summed E-state index contributed by atoms with van der Waals surface area (Å²) in [4.78, 5) is 22.7. The maximum Gasteiger partial charge on any atom is 0.246 e. The van der Waals surface area contributed by atoms with Gasteiger partial charge in [-0.2, -0.15) is 0 Å². The monoisotopic (exact) mass is 492 g/mol. The lowest BCUT2D eigenvalue weighted by Gasteiger charge is -2.26. The van der Waals surface area contributed by atoms with Gasteiger partial charge in [0.25, 0.3) is 0 Å². The average Bonchev–Trinajstić information content (AvgIpc) is 3.39. The summed E-state index contributed by atoms with van der Waals surface area (Å²) in [5.41, 5.74) is 2.24. The SMILES string of the molecule is CC(C)(c1ccc(OCC2CSC(=O)S2)cc1)c1ccc(OCC2CSC(=O)S2)cc1. The minimum Gasteiger partial charge on any atom is -0.492 e. The van der Waals surface area contributed by atoms with Crippen LogP contribution in [0.5, 0.6) is 11.5 Å². The minimum absolute atomic E-state index is 0.161. The van der Waals surface area contributed by atoms with E-state index in [1.54, 1.807) is 0 Å². The molecule has 0 amide bonds. The van der Waals surface area contributed by atoms with E-state index in [4.69, 9.17) is 9.47 Å². The first-order valence-corrected chi connectivity index (χ1v) is 13.8. The highest BCUT2D eigenvalue weighted by Gasteiger charge is 2.26. The molecule has 164 valence electrons. The lowest BCUT2D eigenvalue weighted by atomic mass is 9.78. The summed E-state index contributed by atoms with van der Waals surface area (Å²) in [6.07, 6.45) is 0. The Labute approximate surface area is 200 Å². The number of hydrogen-bond acceptors (Lipinski definition) is 8. The van der Waals surface area contributed by atoms with Crippen LogP contribution in [0.3, 0.4) is 0 Å². The molecule has 0 N–H and O–H groups in total. The molecule has 2 aromatic rings. The molecule has 31 heavy (non-hydrogen) atoms. The van der Waals surface area contributed by atoms with Gasteiger partial charge in [-0.3, -0.25) is 9.59 Å². The van der Waals surface area contributed by atoms with E-state index in [-0.39, 0.29) is 24.8 Å². The van der Waals surface area contributed by atoms with E-state index in [9.17, 15) is 9.59 Å². The van der Waals surface area contributed by atoms with Gasteiger partial charge in [-0.15, -0.1) is 0 Å². The lowest BCUT2D eigenvalue weighted by molar-refractivity contribution is 0.276. The molecule has 2 unspecified atom stereocenters. The fourth-order valence-corrected chi connectivity index (χ4v) is 7.75. The standard InChI is InChI=1S/C23H24O4S4/c1-23(2,15-3-7-17(8-4-15)26-11-19-13-28-21(24)30-19)16-5-9-18(10-6-16)27-12-20-14-29-22(25)31-20/h3-10,19-20H,11-14H2,1-2H3. The zero-order valence-corrected chi connectivity index (χ0v) is 20.6. The van der Waals surface area contributed by atoms with E-state index in [0.29, 0.717) is 13.2 Å². The molecule has 2 saturated heterocycles.